The van der Waals surface area contributed by atoms with Crippen molar-refractivity contribution in [3.05, 3.63) is 95.6 Å². The molecule has 0 aromatic heterocycles. The van der Waals surface area contributed by atoms with Gasteiger partial charge in [-0.3, -0.25) is 19.2 Å². The van der Waals surface area contributed by atoms with Crippen LogP contribution in [0.1, 0.15) is 68.1 Å². The van der Waals surface area contributed by atoms with Gasteiger partial charge in [-0.15, -0.1) is 0 Å². The topological polar surface area (TPSA) is 140 Å². The molecule has 252 valence electrons. The fraction of sp³-hybridized carbons (Fsp3) is 0.405. The molecule has 0 saturated carbocycles. The molecule has 3 N–H and O–H groups in total. The second-order valence-electron chi connectivity index (χ2n) is 11.1. The van der Waals surface area contributed by atoms with Crippen molar-refractivity contribution in [2.45, 2.75) is 57.0 Å². The molecule has 0 spiro atoms. The summed E-state index contributed by atoms with van der Waals surface area (Å²) in [4.78, 5) is 48.8. The van der Waals surface area contributed by atoms with Gasteiger partial charge < -0.3 is 30.0 Å². The Labute approximate surface area is 276 Å². The molecule has 0 aliphatic carbocycles. The Morgan fingerprint density at radius 1 is 0.617 bits per heavy atom. The quantitative estimate of drug-likeness (QED) is 0.107. The average Bonchev–Trinajstić information content (AvgIpc) is 3.11. The van der Waals surface area contributed by atoms with Crippen molar-refractivity contribution in [3.8, 4) is 11.5 Å². The molecular weight excluding hydrogens is 600 g/mol. The third kappa shape index (κ3) is 11.6. The summed E-state index contributed by atoms with van der Waals surface area (Å²) in [6.45, 7) is 0.289. The van der Waals surface area contributed by atoms with Crippen LogP contribution >= 0.6 is 0 Å². The van der Waals surface area contributed by atoms with Crippen LogP contribution in [0.3, 0.4) is 0 Å². The zero-order valence-corrected chi connectivity index (χ0v) is 27.3. The van der Waals surface area contributed by atoms with E-state index in [9.17, 15) is 19.2 Å². The van der Waals surface area contributed by atoms with Crippen molar-refractivity contribution in [1.29, 1.82) is 0 Å². The standard InChI is InChI=1S/C37H46N2O8/c1-45-33-18-12-29(13-19-33)37(28-9-5-3-6-10-28,30-14-20-34(46-2)21-15-30)47-26-24-38-35(43)23-17-32(42)27-39-36(44)22-16-31(41)11-7-4-8-25-40/h3,5-6,9-10,12-15,18-21,40H,4,7-8,11,16-17,22-27H2,1-2H3,(H,38,43)(H,39,44). The van der Waals surface area contributed by atoms with Crippen LogP contribution in [0.2, 0.25) is 0 Å². The van der Waals surface area contributed by atoms with Gasteiger partial charge in [0.25, 0.3) is 0 Å². The normalized spacial score (nSPS) is 11.0. The van der Waals surface area contributed by atoms with Gasteiger partial charge in [0.1, 0.15) is 22.9 Å². The fourth-order valence-electron chi connectivity index (χ4n) is 5.17. The maximum absolute atomic E-state index is 12.6. The van der Waals surface area contributed by atoms with E-state index in [1.165, 1.54) is 0 Å². The Morgan fingerprint density at radius 3 is 1.70 bits per heavy atom. The number of ether oxygens (including phenoxy) is 3. The first-order valence-electron chi connectivity index (χ1n) is 16.0. The SMILES string of the molecule is COc1ccc(C(OCCNC(=O)CCC(=O)CNC(=O)CCC(=O)CCCCCO)(c2ccccc2)c2ccc(OC)cc2)cc1. The highest BCUT2D eigenvalue weighted by Gasteiger charge is 2.37. The summed E-state index contributed by atoms with van der Waals surface area (Å²) in [6.07, 6.45) is 2.58. The van der Waals surface area contributed by atoms with E-state index in [2.05, 4.69) is 10.6 Å². The summed E-state index contributed by atoms with van der Waals surface area (Å²) in [6, 6.07) is 25.2. The first kappa shape index (κ1) is 36.9. The molecule has 0 aliphatic rings. The molecule has 3 rings (SSSR count). The van der Waals surface area contributed by atoms with Crippen molar-refractivity contribution >= 4 is 23.4 Å². The zero-order valence-electron chi connectivity index (χ0n) is 27.3. The molecule has 0 atom stereocenters. The lowest BCUT2D eigenvalue weighted by atomic mass is 9.80. The van der Waals surface area contributed by atoms with Crippen molar-refractivity contribution in [2.75, 3.05) is 40.5 Å². The number of ketones is 2. The molecule has 0 aliphatic heterocycles. The van der Waals surface area contributed by atoms with E-state index in [1.807, 2.05) is 78.9 Å². The summed E-state index contributed by atoms with van der Waals surface area (Å²) in [5.74, 6) is 0.450. The number of benzene rings is 3. The van der Waals surface area contributed by atoms with Gasteiger partial charge in [0.15, 0.2) is 5.78 Å². The lowest BCUT2D eigenvalue weighted by Gasteiger charge is -2.36. The summed E-state index contributed by atoms with van der Waals surface area (Å²) < 4.78 is 17.5. The number of aliphatic hydroxyl groups excluding tert-OH is 1. The molecule has 2 amide bonds. The lowest BCUT2D eigenvalue weighted by molar-refractivity contribution is -0.128. The Bertz CT molecular complexity index is 1360. The average molecular weight is 647 g/mol. The van der Waals surface area contributed by atoms with Gasteiger partial charge in [-0.2, -0.15) is 0 Å². The smallest absolute Gasteiger partial charge is 0.220 e. The Balaban J connectivity index is 1.54. The highest BCUT2D eigenvalue weighted by Crippen LogP contribution is 2.41. The second kappa shape index (κ2) is 19.9. The molecule has 10 nitrogen and oxygen atoms in total. The first-order valence-corrected chi connectivity index (χ1v) is 16.0. The van der Waals surface area contributed by atoms with Gasteiger partial charge in [0.2, 0.25) is 11.8 Å². The minimum atomic E-state index is -1.01. The summed E-state index contributed by atoms with van der Waals surface area (Å²) in [7, 11) is 3.23. The van der Waals surface area contributed by atoms with Crippen LogP contribution in [0.5, 0.6) is 11.5 Å². The van der Waals surface area contributed by atoms with Gasteiger partial charge in [-0.1, -0.05) is 61.0 Å². The van der Waals surface area contributed by atoms with E-state index in [-0.39, 0.29) is 75.4 Å². The van der Waals surface area contributed by atoms with Crippen molar-refractivity contribution < 1.29 is 38.5 Å². The van der Waals surface area contributed by atoms with Crippen molar-refractivity contribution in [3.63, 3.8) is 0 Å². The zero-order chi connectivity index (χ0) is 33.9. The monoisotopic (exact) mass is 646 g/mol. The number of carbonyl (C=O) groups excluding carboxylic acids is 4. The number of rotatable bonds is 22. The van der Waals surface area contributed by atoms with Gasteiger partial charge in [0.05, 0.1) is 27.4 Å². The number of hydrogen-bond donors (Lipinski definition) is 3. The van der Waals surface area contributed by atoms with Gasteiger partial charge in [-0.05, 0) is 53.8 Å². The molecule has 0 bridgehead atoms. The number of carbonyl (C=O) groups is 4. The van der Waals surface area contributed by atoms with E-state index >= 15 is 0 Å². The predicted octanol–water partition coefficient (Wildman–Crippen LogP) is 4.50. The maximum atomic E-state index is 12.6. The van der Waals surface area contributed by atoms with Crippen LogP contribution in [0, 0.1) is 0 Å². The molecule has 0 radical (unpaired) electrons. The van der Waals surface area contributed by atoms with Gasteiger partial charge in [0, 0.05) is 45.3 Å². The minimum Gasteiger partial charge on any atom is -0.497 e. The van der Waals surface area contributed by atoms with E-state index in [0.717, 1.165) is 23.1 Å². The molecule has 0 saturated heterocycles. The lowest BCUT2D eigenvalue weighted by Crippen LogP contribution is -2.36. The number of methoxy groups -OCH3 is 2. The summed E-state index contributed by atoms with van der Waals surface area (Å²) >= 11 is 0. The van der Waals surface area contributed by atoms with Crippen LogP contribution in [0.15, 0.2) is 78.9 Å². The predicted molar refractivity (Wildman–Crippen MR) is 178 cm³/mol. The number of aliphatic hydroxyl groups is 1. The highest BCUT2D eigenvalue weighted by atomic mass is 16.5. The number of nitrogens with one attached hydrogen (secondary N) is 2. The Morgan fingerprint density at radius 2 is 1.15 bits per heavy atom. The largest absolute Gasteiger partial charge is 0.497 e. The first-order chi connectivity index (χ1) is 22.8. The Kier molecular flexibility index (Phi) is 15.6. The van der Waals surface area contributed by atoms with Crippen LogP contribution in [-0.2, 0) is 29.5 Å². The van der Waals surface area contributed by atoms with Crippen LogP contribution < -0.4 is 20.1 Å². The van der Waals surface area contributed by atoms with E-state index in [4.69, 9.17) is 19.3 Å². The van der Waals surface area contributed by atoms with E-state index < -0.39 is 5.60 Å². The fourth-order valence-corrected chi connectivity index (χ4v) is 5.17. The maximum Gasteiger partial charge on any atom is 0.220 e. The van der Waals surface area contributed by atoms with Crippen molar-refractivity contribution in [1.82, 2.24) is 10.6 Å². The summed E-state index contributed by atoms with van der Waals surface area (Å²) in [5.41, 5.74) is 1.63. The Hall–Kier alpha value is -4.54. The molecule has 3 aromatic carbocycles. The van der Waals surface area contributed by atoms with E-state index in [1.54, 1.807) is 14.2 Å². The number of Topliss-reactive ketones (excluding diaryl/α,β-unsaturated/α-hetero) is 2. The number of hydrogen-bond acceptors (Lipinski definition) is 8. The van der Waals surface area contributed by atoms with Crippen molar-refractivity contribution in [2.24, 2.45) is 0 Å². The molecule has 3 aromatic rings. The minimum absolute atomic E-state index is 0.0147. The molecule has 0 unspecified atom stereocenters. The molecular formula is C37H46N2O8. The van der Waals surface area contributed by atoms with E-state index in [0.29, 0.717) is 30.8 Å². The third-order valence-corrected chi connectivity index (χ3v) is 7.77. The molecule has 47 heavy (non-hydrogen) atoms. The van der Waals surface area contributed by atoms with Crippen LogP contribution in [0.4, 0.5) is 0 Å². The second-order valence-corrected chi connectivity index (χ2v) is 11.1. The number of unbranched alkanes of at least 4 members (excludes halogenated alkanes) is 2. The van der Waals surface area contributed by atoms with Gasteiger partial charge in [-0.25, -0.2) is 0 Å². The molecule has 0 heterocycles. The molecule has 0 fully saturated rings. The number of amides is 2. The molecule has 10 heteroatoms. The highest BCUT2D eigenvalue weighted by molar-refractivity contribution is 5.90. The van der Waals surface area contributed by atoms with Crippen LogP contribution in [0.25, 0.3) is 0 Å². The van der Waals surface area contributed by atoms with Gasteiger partial charge >= 0.3 is 0 Å². The third-order valence-electron chi connectivity index (χ3n) is 7.77. The summed E-state index contributed by atoms with van der Waals surface area (Å²) in [5, 5.41) is 14.1. The van der Waals surface area contributed by atoms with Crippen LogP contribution in [-0.4, -0.2) is 69.0 Å².